The Labute approximate surface area is 156 Å². The van der Waals surface area contributed by atoms with Gasteiger partial charge in [0.2, 0.25) is 5.91 Å². The first-order valence-electron chi connectivity index (χ1n) is 9.05. The molecule has 0 spiro atoms. The minimum absolute atomic E-state index is 0. The Bertz CT molecular complexity index is 556. The molecule has 1 atom stereocenters. The standard InChI is InChI=1S/C19H28N2O3.ClH/c1-14-4-5-16(12-21-19(22)15-6-8-20-9-7-15)18(11-14)24-13-17-3-2-10-23-17;/h4-5,11,15,17,20H,2-3,6-10,12-13H2,1H3,(H,21,22);1H. The Morgan fingerprint density at radius 2 is 2.12 bits per heavy atom. The summed E-state index contributed by atoms with van der Waals surface area (Å²) in [5, 5.41) is 6.37. The van der Waals surface area contributed by atoms with Crippen molar-refractivity contribution in [3.63, 3.8) is 0 Å². The number of rotatable bonds is 6. The Morgan fingerprint density at radius 1 is 1.32 bits per heavy atom. The highest BCUT2D eigenvalue weighted by Crippen LogP contribution is 2.22. The van der Waals surface area contributed by atoms with Crippen LogP contribution < -0.4 is 15.4 Å². The minimum Gasteiger partial charge on any atom is -0.491 e. The van der Waals surface area contributed by atoms with E-state index < -0.39 is 0 Å². The predicted octanol–water partition coefficient (Wildman–Crippen LogP) is 2.59. The lowest BCUT2D eigenvalue weighted by molar-refractivity contribution is -0.125. The summed E-state index contributed by atoms with van der Waals surface area (Å²) in [5.41, 5.74) is 2.19. The van der Waals surface area contributed by atoms with E-state index in [1.807, 2.05) is 12.1 Å². The van der Waals surface area contributed by atoms with E-state index in [2.05, 4.69) is 23.6 Å². The summed E-state index contributed by atoms with van der Waals surface area (Å²) < 4.78 is 11.6. The van der Waals surface area contributed by atoms with Crippen LogP contribution in [-0.4, -0.2) is 38.3 Å². The third-order valence-electron chi connectivity index (χ3n) is 4.83. The molecular formula is C19H29ClN2O3. The van der Waals surface area contributed by atoms with E-state index in [0.717, 1.165) is 62.3 Å². The molecule has 1 amide bonds. The zero-order chi connectivity index (χ0) is 16.8. The lowest BCUT2D eigenvalue weighted by Crippen LogP contribution is -2.37. The number of nitrogens with one attached hydrogen (secondary N) is 2. The SMILES string of the molecule is Cc1ccc(CNC(=O)C2CCNCC2)c(OCC2CCCO2)c1.Cl. The van der Waals surface area contributed by atoms with Crippen LogP contribution in [0.2, 0.25) is 0 Å². The molecule has 2 N–H and O–H groups in total. The summed E-state index contributed by atoms with van der Waals surface area (Å²) in [4.78, 5) is 12.3. The fraction of sp³-hybridized carbons (Fsp3) is 0.632. The van der Waals surface area contributed by atoms with Crippen LogP contribution in [0.3, 0.4) is 0 Å². The largest absolute Gasteiger partial charge is 0.491 e. The highest BCUT2D eigenvalue weighted by molar-refractivity contribution is 5.85. The number of amides is 1. The molecule has 2 heterocycles. The Kier molecular flexibility index (Phi) is 8.00. The molecule has 1 aromatic rings. The third-order valence-corrected chi connectivity index (χ3v) is 4.83. The van der Waals surface area contributed by atoms with Crippen molar-refractivity contribution in [1.82, 2.24) is 10.6 Å². The van der Waals surface area contributed by atoms with Crippen molar-refractivity contribution in [3.05, 3.63) is 29.3 Å². The maximum Gasteiger partial charge on any atom is 0.223 e. The van der Waals surface area contributed by atoms with Crippen LogP contribution in [0.25, 0.3) is 0 Å². The fourth-order valence-corrected chi connectivity index (χ4v) is 3.31. The van der Waals surface area contributed by atoms with Crippen LogP contribution in [0.4, 0.5) is 0 Å². The highest BCUT2D eigenvalue weighted by atomic mass is 35.5. The topological polar surface area (TPSA) is 59.6 Å². The van der Waals surface area contributed by atoms with Crippen molar-refractivity contribution in [1.29, 1.82) is 0 Å². The third kappa shape index (κ3) is 5.87. The lowest BCUT2D eigenvalue weighted by Gasteiger charge is -2.22. The molecule has 6 heteroatoms. The summed E-state index contributed by atoms with van der Waals surface area (Å²) >= 11 is 0. The van der Waals surface area contributed by atoms with E-state index in [-0.39, 0.29) is 30.3 Å². The maximum atomic E-state index is 12.3. The van der Waals surface area contributed by atoms with Crippen LogP contribution in [0.5, 0.6) is 5.75 Å². The van der Waals surface area contributed by atoms with Crippen LogP contribution in [0.1, 0.15) is 36.8 Å². The summed E-state index contributed by atoms with van der Waals surface area (Å²) in [6.07, 6.45) is 4.21. The summed E-state index contributed by atoms with van der Waals surface area (Å²) in [6.45, 7) is 5.84. The van der Waals surface area contributed by atoms with Crippen LogP contribution in [-0.2, 0) is 16.1 Å². The Hall–Kier alpha value is -1.30. The molecule has 0 saturated carbocycles. The van der Waals surface area contributed by atoms with E-state index in [0.29, 0.717) is 13.2 Å². The van der Waals surface area contributed by atoms with E-state index >= 15 is 0 Å². The van der Waals surface area contributed by atoms with Gasteiger partial charge in [0.05, 0.1) is 6.10 Å². The molecule has 0 aromatic heterocycles. The van der Waals surface area contributed by atoms with Gasteiger partial charge in [-0.25, -0.2) is 0 Å². The average Bonchev–Trinajstić information content (AvgIpc) is 3.13. The number of carbonyl (C=O) groups excluding carboxylic acids is 1. The van der Waals surface area contributed by atoms with Gasteiger partial charge in [-0.15, -0.1) is 12.4 Å². The number of ether oxygens (including phenoxy) is 2. The number of halogens is 1. The molecule has 1 aromatic carbocycles. The van der Waals surface area contributed by atoms with Crippen molar-refractivity contribution in [2.24, 2.45) is 5.92 Å². The molecule has 1 unspecified atom stereocenters. The van der Waals surface area contributed by atoms with Crippen molar-refractivity contribution in [2.45, 2.75) is 45.3 Å². The Balaban J connectivity index is 0.00000225. The molecule has 0 bridgehead atoms. The molecule has 25 heavy (non-hydrogen) atoms. The second-order valence-electron chi connectivity index (χ2n) is 6.80. The predicted molar refractivity (Wildman–Crippen MR) is 100 cm³/mol. The van der Waals surface area contributed by atoms with Gasteiger partial charge in [-0.05, 0) is 57.3 Å². The monoisotopic (exact) mass is 368 g/mol. The number of piperidine rings is 1. The van der Waals surface area contributed by atoms with E-state index in [4.69, 9.17) is 9.47 Å². The second-order valence-corrected chi connectivity index (χ2v) is 6.80. The number of benzene rings is 1. The molecule has 2 aliphatic heterocycles. The number of aryl methyl sites for hydroxylation is 1. The molecule has 140 valence electrons. The molecule has 0 radical (unpaired) electrons. The van der Waals surface area contributed by atoms with Crippen LogP contribution in [0.15, 0.2) is 18.2 Å². The minimum atomic E-state index is 0. The van der Waals surface area contributed by atoms with Gasteiger partial charge in [-0.2, -0.15) is 0 Å². The zero-order valence-electron chi connectivity index (χ0n) is 14.9. The smallest absolute Gasteiger partial charge is 0.223 e. The first-order valence-corrected chi connectivity index (χ1v) is 9.05. The fourth-order valence-electron chi connectivity index (χ4n) is 3.31. The molecule has 0 aliphatic carbocycles. The van der Waals surface area contributed by atoms with Gasteiger partial charge < -0.3 is 20.1 Å². The summed E-state index contributed by atoms with van der Waals surface area (Å²) in [7, 11) is 0. The van der Waals surface area contributed by atoms with Crippen LogP contribution in [0, 0.1) is 12.8 Å². The van der Waals surface area contributed by atoms with Gasteiger partial charge in [0.15, 0.2) is 0 Å². The Morgan fingerprint density at radius 3 is 2.84 bits per heavy atom. The van der Waals surface area contributed by atoms with Gasteiger partial charge in [0, 0.05) is 24.6 Å². The molecular weight excluding hydrogens is 340 g/mol. The van der Waals surface area contributed by atoms with E-state index in [1.165, 1.54) is 0 Å². The van der Waals surface area contributed by atoms with Crippen molar-refractivity contribution in [2.75, 3.05) is 26.3 Å². The zero-order valence-corrected chi connectivity index (χ0v) is 15.7. The summed E-state index contributed by atoms with van der Waals surface area (Å²) in [5.74, 6) is 1.14. The first-order chi connectivity index (χ1) is 11.7. The van der Waals surface area contributed by atoms with E-state index in [9.17, 15) is 4.79 Å². The molecule has 2 fully saturated rings. The second kappa shape index (κ2) is 10.00. The lowest BCUT2D eigenvalue weighted by atomic mass is 9.97. The van der Waals surface area contributed by atoms with Gasteiger partial charge in [-0.1, -0.05) is 12.1 Å². The molecule has 2 aliphatic rings. The van der Waals surface area contributed by atoms with Crippen molar-refractivity contribution in [3.8, 4) is 5.75 Å². The highest BCUT2D eigenvalue weighted by Gasteiger charge is 2.21. The maximum absolute atomic E-state index is 12.3. The average molecular weight is 369 g/mol. The molecule has 3 rings (SSSR count). The molecule has 2 saturated heterocycles. The van der Waals surface area contributed by atoms with Gasteiger partial charge in [0.1, 0.15) is 12.4 Å². The van der Waals surface area contributed by atoms with Gasteiger partial charge in [-0.3, -0.25) is 4.79 Å². The number of carbonyl (C=O) groups is 1. The van der Waals surface area contributed by atoms with Crippen molar-refractivity contribution < 1.29 is 14.3 Å². The number of hydrogen-bond acceptors (Lipinski definition) is 4. The normalized spacial score (nSPS) is 20.8. The number of hydrogen-bond donors (Lipinski definition) is 2. The summed E-state index contributed by atoms with van der Waals surface area (Å²) in [6, 6.07) is 6.15. The van der Waals surface area contributed by atoms with Gasteiger partial charge in [0.25, 0.3) is 0 Å². The van der Waals surface area contributed by atoms with E-state index in [1.54, 1.807) is 0 Å². The van der Waals surface area contributed by atoms with Gasteiger partial charge >= 0.3 is 0 Å². The van der Waals surface area contributed by atoms with Crippen molar-refractivity contribution >= 4 is 18.3 Å². The quantitative estimate of drug-likeness (QED) is 0.810. The molecule has 5 nitrogen and oxygen atoms in total. The van der Waals surface area contributed by atoms with Crippen LogP contribution >= 0.6 is 12.4 Å². The first kappa shape index (κ1) is 20.0.